The third-order valence-corrected chi connectivity index (χ3v) is 3.35. The van der Waals surface area contributed by atoms with Crippen molar-refractivity contribution >= 4 is 0 Å². The van der Waals surface area contributed by atoms with E-state index < -0.39 is 5.60 Å². The van der Waals surface area contributed by atoms with Gasteiger partial charge in [-0.2, -0.15) is 0 Å². The van der Waals surface area contributed by atoms with Crippen molar-refractivity contribution in [3.8, 4) is 5.75 Å². The van der Waals surface area contributed by atoms with Crippen LogP contribution in [0.4, 0.5) is 0 Å². The number of nitrogens with one attached hydrogen (secondary N) is 1. The van der Waals surface area contributed by atoms with Gasteiger partial charge >= 0.3 is 0 Å². The zero-order valence-corrected chi connectivity index (χ0v) is 12.7. The second-order valence-electron chi connectivity index (χ2n) is 5.93. The smallest absolute Gasteiger partial charge is 0.119 e. The molecule has 0 aliphatic heterocycles. The van der Waals surface area contributed by atoms with Crippen molar-refractivity contribution in [1.82, 2.24) is 5.32 Å². The lowest BCUT2D eigenvalue weighted by Crippen LogP contribution is -2.41. The van der Waals surface area contributed by atoms with Gasteiger partial charge in [0, 0.05) is 13.1 Å². The second-order valence-corrected chi connectivity index (χ2v) is 5.93. The average molecular weight is 265 g/mol. The van der Waals surface area contributed by atoms with Crippen molar-refractivity contribution in [2.45, 2.75) is 52.9 Å². The molecule has 1 rings (SSSR count). The monoisotopic (exact) mass is 265 g/mol. The van der Waals surface area contributed by atoms with E-state index in [0.29, 0.717) is 6.54 Å². The van der Waals surface area contributed by atoms with E-state index in [1.54, 1.807) is 0 Å². The van der Waals surface area contributed by atoms with E-state index in [9.17, 15) is 5.11 Å². The highest BCUT2D eigenvalue weighted by atomic mass is 16.5. The third kappa shape index (κ3) is 5.62. The lowest BCUT2D eigenvalue weighted by molar-refractivity contribution is 0.0140. The average Bonchev–Trinajstić information content (AvgIpc) is 2.30. The van der Waals surface area contributed by atoms with E-state index in [0.717, 1.165) is 12.3 Å². The molecule has 19 heavy (non-hydrogen) atoms. The van der Waals surface area contributed by atoms with E-state index >= 15 is 0 Å². The van der Waals surface area contributed by atoms with Crippen LogP contribution < -0.4 is 10.1 Å². The van der Waals surface area contributed by atoms with Crippen LogP contribution in [0.15, 0.2) is 24.3 Å². The Morgan fingerprint density at radius 3 is 2.21 bits per heavy atom. The van der Waals surface area contributed by atoms with Crippen LogP contribution >= 0.6 is 0 Å². The molecule has 3 nitrogen and oxygen atoms in total. The topological polar surface area (TPSA) is 41.5 Å². The molecular weight excluding hydrogens is 238 g/mol. The molecule has 0 heterocycles. The van der Waals surface area contributed by atoms with Crippen LogP contribution in [0.3, 0.4) is 0 Å². The lowest BCUT2D eigenvalue weighted by atomic mass is 9.92. The number of ether oxygens (including phenoxy) is 1. The van der Waals surface area contributed by atoms with Crippen LogP contribution in [0.5, 0.6) is 5.75 Å². The minimum absolute atomic E-state index is 0.199. The van der Waals surface area contributed by atoms with Gasteiger partial charge in [0.1, 0.15) is 5.75 Å². The zero-order valence-electron chi connectivity index (χ0n) is 12.7. The SMILES string of the molecule is CC(C)Oc1ccc(CNCC(C)(O)C(C)C)cc1. The Kier molecular flexibility index (Phi) is 5.83. The normalized spacial score (nSPS) is 14.7. The van der Waals surface area contributed by atoms with Crippen molar-refractivity contribution in [3.63, 3.8) is 0 Å². The van der Waals surface area contributed by atoms with Gasteiger partial charge in [-0.15, -0.1) is 0 Å². The number of rotatable bonds is 7. The Morgan fingerprint density at radius 2 is 1.74 bits per heavy atom. The lowest BCUT2D eigenvalue weighted by Gasteiger charge is -2.28. The molecular formula is C16H27NO2. The minimum Gasteiger partial charge on any atom is -0.491 e. The molecule has 0 amide bonds. The van der Waals surface area contributed by atoms with Gasteiger partial charge in [0.2, 0.25) is 0 Å². The summed E-state index contributed by atoms with van der Waals surface area (Å²) in [7, 11) is 0. The van der Waals surface area contributed by atoms with E-state index in [1.165, 1.54) is 5.56 Å². The second kappa shape index (κ2) is 6.92. The summed E-state index contributed by atoms with van der Waals surface area (Å²) in [5.74, 6) is 1.13. The zero-order chi connectivity index (χ0) is 14.5. The van der Waals surface area contributed by atoms with Crippen molar-refractivity contribution < 1.29 is 9.84 Å². The van der Waals surface area contributed by atoms with Crippen molar-refractivity contribution in [2.24, 2.45) is 5.92 Å². The summed E-state index contributed by atoms with van der Waals surface area (Å²) in [6.45, 7) is 11.3. The van der Waals surface area contributed by atoms with Crippen LogP contribution in [0.25, 0.3) is 0 Å². The number of hydrogen-bond donors (Lipinski definition) is 2. The molecule has 0 spiro atoms. The molecule has 3 heteroatoms. The maximum atomic E-state index is 10.1. The molecule has 1 unspecified atom stereocenters. The number of aliphatic hydroxyl groups is 1. The van der Waals surface area contributed by atoms with Crippen molar-refractivity contribution in [3.05, 3.63) is 29.8 Å². The van der Waals surface area contributed by atoms with E-state index in [1.807, 2.05) is 46.8 Å². The summed E-state index contributed by atoms with van der Waals surface area (Å²) < 4.78 is 5.60. The van der Waals surface area contributed by atoms with Gasteiger partial charge in [0.15, 0.2) is 0 Å². The minimum atomic E-state index is -0.666. The van der Waals surface area contributed by atoms with Gasteiger partial charge in [0.25, 0.3) is 0 Å². The van der Waals surface area contributed by atoms with E-state index in [-0.39, 0.29) is 12.0 Å². The van der Waals surface area contributed by atoms with E-state index in [2.05, 4.69) is 17.4 Å². The highest BCUT2D eigenvalue weighted by Crippen LogP contribution is 2.16. The Bertz CT molecular complexity index is 369. The first kappa shape index (κ1) is 16.0. The van der Waals surface area contributed by atoms with Gasteiger partial charge < -0.3 is 15.2 Å². The van der Waals surface area contributed by atoms with Gasteiger partial charge in [-0.3, -0.25) is 0 Å². The standard InChI is InChI=1S/C16H27NO2/c1-12(2)16(5,18)11-17-10-14-6-8-15(9-7-14)19-13(3)4/h6-9,12-13,17-18H,10-11H2,1-5H3. The first-order chi connectivity index (χ1) is 8.81. The Hall–Kier alpha value is -1.06. The molecule has 0 aromatic heterocycles. The maximum absolute atomic E-state index is 10.1. The van der Waals surface area contributed by atoms with Crippen LogP contribution in [-0.4, -0.2) is 23.4 Å². The summed E-state index contributed by atoms with van der Waals surface area (Å²) in [4.78, 5) is 0. The molecule has 1 aromatic rings. The molecule has 0 saturated heterocycles. The Morgan fingerprint density at radius 1 is 1.16 bits per heavy atom. The first-order valence-corrected chi connectivity index (χ1v) is 7.00. The van der Waals surface area contributed by atoms with Gasteiger partial charge in [-0.25, -0.2) is 0 Å². The number of benzene rings is 1. The van der Waals surface area contributed by atoms with Gasteiger partial charge in [-0.05, 0) is 44.4 Å². The molecule has 108 valence electrons. The van der Waals surface area contributed by atoms with Crippen LogP contribution in [-0.2, 0) is 6.54 Å². The summed E-state index contributed by atoms with van der Waals surface area (Å²) >= 11 is 0. The van der Waals surface area contributed by atoms with Gasteiger partial charge in [0.05, 0.1) is 11.7 Å². The molecule has 0 aliphatic rings. The Labute approximate surface area is 117 Å². The molecule has 1 aromatic carbocycles. The fourth-order valence-electron chi connectivity index (χ4n) is 1.62. The first-order valence-electron chi connectivity index (χ1n) is 7.00. The maximum Gasteiger partial charge on any atom is 0.119 e. The van der Waals surface area contributed by atoms with Crippen molar-refractivity contribution in [1.29, 1.82) is 0 Å². The fourth-order valence-corrected chi connectivity index (χ4v) is 1.62. The molecule has 1 atom stereocenters. The van der Waals surface area contributed by atoms with Crippen LogP contribution in [0.2, 0.25) is 0 Å². The summed E-state index contributed by atoms with van der Waals surface area (Å²) in [6.07, 6.45) is 0.199. The third-order valence-electron chi connectivity index (χ3n) is 3.35. The predicted octanol–water partition coefficient (Wildman–Crippen LogP) is 2.97. The molecule has 0 radical (unpaired) electrons. The summed E-state index contributed by atoms with van der Waals surface area (Å²) in [5.41, 5.74) is 0.524. The quantitative estimate of drug-likeness (QED) is 0.796. The molecule has 0 bridgehead atoms. The molecule has 2 N–H and O–H groups in total. The van der Waals surface area contributed by atoms with Crippen LogP contribution in [0.1, 0.15) is 40.2 Å². The van der Waals surface area contributed by atoms with Crippen molar-refractivity contribution in [2.75, 3.05) is 6.54 Å². The molecule has 0 aliphatic carbocycles. The largest absolute Gasteiger partial charge is 0.491 e. The summed E-state index contributed by atoms with van der Waals surface area (Å²) in [6, 6.07) is 8.07. The molecule has 0 saturated carbocycles. The highest BCUT2D eigenvalue weighted by molar-refractivity contribution is 5.27. The van der Waals surface area contributed by atoms with E-state index in [4.69, 9.17) is 4.74 Å². The Balaban J connectivity index is 2.42. The summed E-state index contributed by atoms with van der Waals surface area (Å²) in [5, 5.41) is 13.4. The highest BCUT2D eigenvalue weighted by Gasteiger charge is 2.23. The molecule has 0 fully saturated rings. The predicted molar refractivity (Wildman–Crippen MR) is 79.4 cm³/mol. The van der Waals surface area contributed by atoms with Gasteiger partial charge in [-0.1, -0.05) is 26.0 Å². The fraction of sp³-hybridized carbons (Fsp3) is 0.625. The van der Waals surface area contributed by atoms with Crippen LogP contribution in [0, 0.1) is 5.92 Å². The number of hydrogen-bond acceptors (Lipinski definition) is 3.